The zero-order chi connectivity index (χ0) is 25.8. The summed E-state index contributed by atoms with van der Waals surface area (Å²) in [6.07, 6.45) is 14.0. The van der Waals surface area contributed by atoms with Crippen molar-refractivity contribution in [1.29, 1.82) is 0 Å². The standard InChI is InChI=1S/2C7H5F2O2S.2C5H5.Ti/c2*1-12(10,11)7-3-2-5(8)4-6(7)9;2*1-2-4-5-3-1;/h2*2-3H,1H3;2*1-5H;. The van der Waals surface area contributed by atoms with Gasteiger partial charge in [0.05, 0.1) is 0 Å². The van der Waals surface area contributed by atoms with Gasteiger partial charge in [0, 0.05) is 0 Å². The van der Waals surface area contributed by atoms with E-state index in [1.54, 1.807) is 48.6 Å². The van der Waals surface area contributed by atoms with Crippen LogP contribution in [0.15, 0.2) is 82.7 Å². The van der Waals surface area contributed by atoms with Gasteiger partial charge < -0.3 is 0 Å². The van der Waals surface area contributed by atoms with Crippen molar-refractivity contribution in [2.45, 2.75) is 18.2 Å². The van der Waals surface area contributed by atoms with Crippen LogP contribution >= 0.6 is 0 Å². The van der Waals surface area contributed by atoms with E-state index >= 15 is 17.6 Å². The molecule has 0 fully saturated rings. The first-order valence-electron chi connectivity index (χ1n) is 10.4. The summed E-state index contributed by atoms with van der Waals surface area (Å²) in [4.78, 5) is -1.61. The maximum atomic E-state index is 16.1. The second-order valence-corrected chi connectivity index (χ2v) is 18.8. The van der Waals surface area contributed by atoms with E-state index in [0.29, 0.717) is 0 Å². The molecule has 0 spiro atoms. The molecule has 184 valence electrons. The number of rotatable bonds is 6. The van der Waals surface area contributed by atoms with Gasteiger partial charge in [-0.3, -0.25) is 0 Å². The Bertz CT molecular complexity index is 1420. The van der Waals surface area contributed by atoms with E-state index in [1.165, 1.54) is 0 Å². The van der Waals surface area contributed by atoms with Crippen LogP contribution in [0.4, 0.5) is 17.6 Å². The second-order valence-electron chi connectivity index (χ2n) is 8.47. The number of hydrogen-bond acceptors (Lipinski definition) is 4. The van der Waals surface area contributed by atoms with Crippen molar-refractivity contribution in [1.82, 2.24) is 0 Å². The van der Waals surface area contributed by atoms with Crippen LogP contribution in [0.1, 0.15) is 0 Å². The van der Waals surface area contributed by atoms with Gasteiger partial charge in [-0.1, -0.05) is 0 Å². The summed E-state index contributed by atoms with van der Waals surface area (Å²) in [7, 11) is -8.36. The molecular weight excluding hydrogens is 540 g/mol. The summed E-state index contributed by atoms with van der Waals surface area (Å²) in [5.41, 5.74) is 0. The number of sulfone groups is 2. The van der Waals surface area contributed by atoms with E-state index in [4.69, 9.17) is 0 Å². The van der Waals surface area contributed by atoms with Crippen LogP contribution < -0.4 is 7.74 Å². The van der Waals surface area contributed by atoms with E-state index < -0.39 is 85.5 Å². The minimum atomic E-state index is -5.23. The minimum absolute atomic E-state index is 0.696. The Morgan fingerprint density at radius 1 is 0.600 bits per heavy atom. The van der Waals surface area contributed by atoms with Gasteiger partial charge in [-0.25, -0.2) is 0 Å². The van der Waals surface area contributed by atoms with E-state index in [1.807, 2.05) is 0 Å². The Balaban J connectivity index is 2.29. The first-order valence-corrected chi connectivity index (χ1v) is 17.5. The van der Waals surface area contributed by atoms with E-state index in [0.717, 1.165) is 36.8 Å². The van der Waals surface area contributed by atoms with Gasteiger partial charge in [-0.2, -0.15) is 0 Å². The quantitative estimate of drug-likeness (QED) is 0.305. The van der Waals surface area contributed by atoms with Crippen LogP contribution in [0.3, 0.4) is 0 Å². The van der Waals surface area contributed by atoms with E-state index in [9.17, 15) is 16.8 Å². The van der Waals surface area contributed by atoms with Crippen LogP contribution in [0.2, 0.25) is 8.45 Å². The van der Waals surface area contributed by atoms with Gasteiger partial charge in [-0.15, -0.1) is 0 Å². The normalized spacial score (nSPS) is 16.6. The fraction of sp³-hybridized carbons (Fsp3) is 0.167. The van der Waals surface area contributed by atoms with Crippen molar-refractivity contribution in [2.75, 3.05) is 12.5 Å². The van der Waals surface area contributed by atoms with Crippen molar-refractivity contribution in [3.8, 4) is 0 Å². The SMILES string of the molecule is CS(=O)(=O)c1ccc(F)[c]([Ti]([c]2c(F)ccc(S(C)(=O)=O)c2F)([CH]2C=CC=C2)[CH]2C=CC=C2)c1F. The van der Waals surface area contributed by atoms with Crippen LogP contribution in [-0.4, -0.2) is 29.3 Å². The van der Waals surface area contributed by atoms with Gasteiger partial charge in [0.1, 0.15) is 0 Å². The molecule has 11 heteroatoms. The molecular formula is C24H20F4O4S2Ti. The molecule has 0 radical (unpaired) electrons. The van der Waals surface area contributed by atoms with Crippen molar-refractivity contribution < 1.29 is 51.0 Å². The van der Waals surface area contributed by atoms with Crippen molar-refractivity contribution >= 4 is 27.4 Å². The topological polar surface area (TPSA) is 68.3 Å². The molecule has 0 N–H and O–H groups in total. The summed E-state index contributed by atoms with van der Waals surface area (Å²) in [6, 6.07) is 3.10. The zero-order valence-electron chi connectivity index (χ0n) is 18.5. The molecule has 2 aliphatic carbocycles. The zero-order valence-corrected chi connectivity index (χ0v) is 21.7. The molecule has 2 aromatic carbocycles. The number of hydrogen-bond donors (Lipinski definition) is 0. The third-order valence-corrected chi connectivity index (χ3v) is 17.0. The number of allylic oxidation sites excluding steroid dienone is 8. The van der Waals surface area contributed by atoms with Gasteiger partial charge in [0.2, 0.25) is 0 Å². The third kappa shape index (κ3) is 4.20. The molecule has 0 aliphatic heterocycles. The van der Waals surface area contributed by atoms with E-state index in [-0.39, 0.29) is 0 Å². The Kier molecular flexibility index (Phi) is 6.63. The third-order valence-electron chi connectivity index (χ3n) is 6.29. The second kappa shape index (κ2) is 8.99. The number of halogens is 4. The van der Waals surface area contributed by atoms with Crippen molar-refractivity contribution in [3.05, 3.63) is 96.1 Å². The first kappa shape index (κ1) is 25.8. The van der Waals surface area contributed by atoms with Gasteiger partial charge in [0.15, 0.2) is 0 Å². The Morgan fingerprint density at radius 3 is 1.20 bits per heavy atom. The Labute approximate surface area is 204 Å². The predicted octanol–water partition coefficient (Wildman–Crippen LogP) is 3.98. The van der Waals surface area contributed by atoms with E-state index in [2.05, 4.69) is 0 Å². The summed E-state index contributed by atoms with van der Waals surface area (Å²) >= 11 is -5.23. The van der Waals surface area contributed by atoms with Crippen LogP contribution in [0, 0.1) is 23.3 Å². The average Bonchev–Trinajstić information content (AvgIpc) is 3.45. The molecule has 0 bridgehead atoms. The summed E-state index contributed by atoms with van der Waals surface area (Å²) in [6.45, 7) is 0. The molecule has 2 aromatic rings. The summed E-state index contributed by atoms with van der Waals surface area (Å²) in [5, 5.41) is 0. The molecule has 4 nitrogen and oxygen atoms in total. The molecule has 0 aromatic heterocycles. The molecule has 0 atom stereocenters. The van der Waals surface area contributed by atoms with Crippen molar-refractivity contribution in [3.63, 3.8) is 0 Å². The summed E-state index contributed by atoms with van der Waals surface area (Å²) in [5.74, 6) is -5.14. The first-order chi connectivity index (χ1) is 16.3. The fourth-order valence-corrected chi connectivity index (χ4v) is 15.5. The fourth-order valence-electron chi connectivity index (χ4n) is 4.88. The molecule has 0 saturated heterocycles. The Morgan fingerprint density at radius 2 is 0.914 bits per heavy atom. The monoisotopic (exact) mass is 560 g/mol. The predicted molar refractivity (Wildman–Crippen MR) is 122 cm³/mol. The van der Waals surface area contributed by atoms with Gasteiger partial charge >= 0.3 is 205 Å². The van der Waals surface area contributed by atoms with Crippen LogP contribution in [0.25, 0.3) is 0 Å². The summed E-state index contributed by atoms with van der Waals surface area (Å²) < 4.78 is 110. The molecule has 4 rings (SSSR count). The molecule has 0 heterocycles. The molecule has 2 aliphatic rings. The maximum absolute atomic E-state index is 16.1. The van der Waals surface area contributed by atoms with Gasteiger partial charge in [-0.05, 0) is 0 Å². The average molecular weight is 560 g/mol. The van der Waals surface area contributed by atoms with Crippen LogP contribution in [0.5, 0.6) is 0 Å². The molecule has 0 unspecified atom stereocenters. The van der Waals surface area contributed by atoms with Gasteiger partial charge in [0.25, 0.3) is 0 Å². The molecule has 35 heavy (non-hydrogen) atoms. The van der Waals surface area contributed by atoms with Crippen molar-refractivity contribution in [2.24, 2.45) is 0 Å². The molecule has 0 saturated carbocycles. The number of benzene rings is 2. The van der Waals surface area contributed by atoms with Crippen LogP contribution in [-0.2, 0) is 36.3 Å². The molecule has 0 amide bonds. The Hall–Kier alpha value is -2.27.